The minimum absolute atomic E-state index is 0.0328. The topological polar surface area (TPSA) is 20.3 Å². The summed E-state index contributed by atoms with van der Waals surface area (Å²) < 4.78 is 0.877. The Bertz CT molecular complexity index is 449. The maximum atomic E-state index is 12.5. The lowest BCUT2D eigenvalue weighted by Crippen LogP contribution is -2.45. The first-order valence-electron chi connectivity index (χ1n) is 5.95. The molecule has 1 aliphatic rings. The van der Waals surface area contributed by atoms with E-state index in [2.05, 4.69) is 31.9 Å². The zero-order chi connectivity index (χ0) is 13.1. The number of halogens is 3. The fourth-order valence-electron chi connectivity index (χ4n) is 2.06. The lowest BCUT2D eigenvalue weighted by molar-refractivity contribution is 0.0599. The molecule has 0 heterocycles. The van der Waals surface area contributed by atoms with Crippen LogP contribution in [0.25, 0.3) is 0 Å². The molecule has 5 heteroatoms. The molecular formula is C13H14Br2ClNO. The van der Waals surface area contributed by atoms with Crippen LogP contribution in [0.4, 0.5) is 0 Å². The summed E-state index contributed by atoms with van der Waals surface area (Å²) in [5.74, 6) is 0.0328. The third kappa shape index (κ3) is 3.09. The number of nitrogens with zero attached hydrogens (tertiary/aromatic N) is 1. The normalized spacial score (nSPS) is 15.3. The molecule has 0 bridgehead atoms. The molecule has 0 aliphatic heterocycles. The molecule has 0 aromatic heterocycles. The number of rotatable bonds is 4. The molecule has 2 rings (SSSR count). The molecule has 98 valence electrons. The molecule has 1 aliphatic carbocycles. The fourth-order valence-corrected chi connectivity index (χ4v) is 3.00. The standard InChI is InChI=1S/C13H14Br2ClNO/c14-6-7-17(10-2-1-3-10)13(18)11-8-9(15)4-5-12(11)16/h4-5,8,10H,1-3,6-7H2. The SMILES string of the molecule is O=C(c1cc(Br)ccc1Cl)N(CCBr)C1CCC1. The number of alkyl halides is 1. The minimum atomic E-state index is 0.0328. The third-order valence-electron chi connectivity index (χ3n) is 3.26. The second-order valence-corrected chi connectivity index (χ2v) is 6.51. The van der Waals surface area contributed by atoms with Crippen molar-refractivity contribution >= 4 is 49.4 Å². The van der Waals surface area contributed by atoms with Gasteiger partial charge in [0, 0.05) is 22.4 Å². The van der Waals surface area contributed by atoms with Crippen LogP contribution in [0, 0.1) is 0 Å². The maximum absolute atomic E-state index is 12.5. The van der Waals surface area contributed by atoms with E-state index >= 15 is 0 Å². The van der Waals surface area contributed by atoms with Gasteiger partial charge in [0.2, 0.25) is 0 Å². The van der Waals surface area contributed by atoms with Gasteiger partial charge in [-0.1, -0.05) is 43.5 Å². The van der Waals surface area contributed by atoms with Gasteiger partial charge in [-0.15, -0.1) is 0 Å². The van der Waals surface area contributed by atoms with Crippen molar-refractivity contribution in [3.8, 4) is 0 Å². The van der Waals surface area contributed by atoms with Crippen LogP contribution in [0.3, 0.4) is 0 Å². The average molecular weight is 396 g/mol. The lowest BCUT2D eigenvalue weighted by atomic mass is 9.91. The molecule has 0 saturated heterocycles. The van der Waals surface area contributed by atoms with E-state index in [9.17, 15) is 4.79 Å². The van der Waals surface area contributed by atoms with Crippen LogP contribution in [0.2, 0.25) is 5.02 Å². The quantitative estimate of drug-likeness (QED) is 0.688. The van der Waals surface area contributed by atoms with Crippen molar-refractivity contribution in [3.05, 3.63) is 33.3 Å². The van der Waals surface area contributed by atoms with Crippen molar-refractivity contribution in [3.63, 3.8) is 0 Å². The monoisotopic (exact) mass is 393 g/mol. The molecule has 1 aromatic carbocycles. The van der Waals surface area contributed by atoms with E-state index in [1.165, 1.54) is 6.42 Å². The van der Waals surface area contributed by atoms with Gasteiger partial charge in [-0.3, -0.25) is 4.79 Å². The molecule has 0 atom stereocenters. The number of hydrogen-bond acceptors (Lipinski definition) is 1. The van der Waals surface area contributed by atoms with Crippen molar-refractivity contribution < 1.29 is 4.79 Å². The number of amides is 1. The summed E-state index contributed by atoms with van der Waals surface area (Å²) in [6.07, 6.45) is 3.41. The van der Waals surface area contributed by atoms with Gasteiger partial charge in [0.05, 0.1) is 10.6 Å². The highest BCUT2D eigenvalue weighted by Gasteiger charge is 2.29. The van der Waals surface area contributed by atoms with Crippen molar-refractivity contribution in [2.45, 2.75) is 25.3 Å². The molecular weight excluding hydrogens is 381 g/mol. The van der Waals surface area contributed by atoms with Gasteiger partial charge >= 0.3 is 0 Å². The average Bonchev–Trinajstić information content (AvgIpc) is 2.28. The van der Waals surface area contributed by atoms with Crippen LogP contribution in [0.15, 0.2) is 22.7 Å². The first kappa shape index (κ1) is 14.4. The first-order chi connectivity index (χ1) is 8.63. The summed E-state index contributed by atoms with van der Waals surface area (Å²) in [6.45, 7) is 0.729. The maximum Gasteiger partial charge on any atom is 0.255 e. The highest BCUT2D eigenvalue weighted by molar-refractivity contribution is 9.10. The predicted molar refractivity (Wildman–Crippen MR) is 81.6 cm³/mol. The van der Waals surface area contributed by atoms with Gasteiger partial charge in [0.25, 0.3) is 5.91 Å². The summed E-state index contributed by atoms with van der Waals surface area (Å²) in [4.78, 5) is 14.5. The Balaban J connectivity index is 2.23. The Morgan fingerprint density at radius 2 is 2.17 bits per heavy atom. The Labute approximate surface area is 129 Å². The van der Waals surface area contributed by atoms with Gasteiger partial charge < -0.3 is 4.90 Å². The van der Waals surface area contributed by atoms with Crippen LogP contribution in [-0.4, -0.2) is 28.7 Å². The van der Waals surface area contributed by atoms with E-state index in [4.69, 9.17) is 11.6 Å². The molecule has 0 spiro atoms. The zero-order valence-corrected chi connectivity index (χ0v) is 13.8. The lowest BCUT2D eigenvalue weighted by Gasteiger charge is -2.37. The van der Waals surface area contributed by atoms with Crippen molar-refractivity contribution in [1.29, 1.82) is 0 Å². The van der Waals surface area contributed by atoms with Crippen LogP contribution >= 0.6 is 43.5 Å². The number of carbonyl (C=O) groups excluding carboxylic acids is 1. The van der Waals surface area contributed by atoms with E-state index in [-0.39, 0.29) is 5.91 Å². The molecule has 0 unspecified atom stereocenters. The summed E-state index contributed by atoms with van der Waals surface area (Å²) in [5.41, 5.74) is 0.582. The highest BCUT2D eigenvalue weighted by atomic mass is 79.9. The molecule has 1 amide bonds. The van der Waals surface area contributed by atoms with E-state index in [0.29, 0.717) is 16.6 Å². The van der Waals surface area contributed by atoms with Crippen molar-refractivity contribution in [2.24, 2.45) is 0 Å². The van der Waals surface area contributed by atoms with E-state index in [0.717, 1.165) is 29.2 Å². The van der Waals surface area contributed by atoms with Crippen LogP contribution < -0.4 is 0 Å². The number of benzene rings is 1. The van der Waals surface area contributed by atoms with Gasteiger partial charge in [0.15, 0.2) is 0 Å². The Morgan fingerprint density at radius 1 is 1.44 bits per heavy atom. The molecule has 1 saturated carbocycles. The van der Waals surface area contributed by atoms with Crippen molar-refractivity contribution in [1.82, 2.24) is 4.90 Å². The molecule has 1 fully saturated rings. The summed E-state index contributed by atoms with van der Waals surface area (Å²) in [6, 6.07) is 5.78. The molecule has 1 aromatic rings. The Morgan fingerprint density at radius 3 is 2.72 bits per heavy atom. The van der Waals surface area contributed by atoms with Gasteiger partial charge in [-0.25, -0.2) is 0 Å². The second kappa shape index (κ2) is 6.40. The van der Waals surface area contributed by atoms with Crippen LogP contribution in [0.5, 0.6) is 0 Å². The van der Waals surface area contributed by atoms with E-state index in [1.54, 1.807) is 12.1 Å². The molecule has 2 nitrogen and oxygen atoms in total. The summed E-state index contributed by atoms with van der Waals surface area (Å²) in [5, 5.41) is 1.31. The third-order valence-corrected chi connectivity index (χ3v) is 4.44. The Hall–Kier alpha value is -0.0600. The van der Waals surface area contributed by atoms with Crippen molar-refractivity contribution in [2.75, 3.05) is 11.9 Å². The van der Waals surface area contributed by atoms with Gasteiger partial charge in [-0.2, -0.15) is 0 Å². The predicted octanol–water partition coefficient (Wildman–Crippen LogP) is 4.49. The Kier molecular flexibility index (Phi) is 5.10. The molecule has 0 N–H and O–H groups in total. The van der Waals surface area contributed by atoms with Gasteiger partial charge in [0.1, 0.15) is 0 Å². The molecule has 18 heavy (non-hydrogen) atoms. The van der Waals surface area contributed by atoms with Gasteiger partial charge in [-0.05, 0) is 37.5 Å². The smallest absolute Gasteiger partial charge is 0.255 e. The van der Waals surface area contributed by atoms with Crippen LogP contribution in [-0.2, 0) is 0 Å². The van der Waals surface area contributed by atoms with E-state index in [1.807, 2.05) is 11.0 Å². The number of carbonyl (C=O) groups is 1. The molecule has 0 radical (unpaired) electrons. The summed E-state index contributed by atoms with van der Waals surface area (Å²) >= 11 is 12.9. The second-order valence-electron chi connectivity index (χ2n) is 4.40. The fraction of sp³-hybridized carbons (Fsp3) is 0.462. The zero-order valence-electron chi connectivity index (χ0n) is 9.83. The number of hydrogen-bond donors (Lipinski definition) is 0. The highest BCUT2D eigenvalue weighted by Crippen LogP contribution is 2.29. The first-order valence-corrected chi connectivity index (χ1v) is 8.24. The minimum Gasteiger partial charge on any atom is -0.335 e. The van der Waals surface area contributed by atoms with Crippen LogP contribution in [0.1, 0.15) is 29.6 Å². The van der Waals surface area contributed by atoms with E-state index < -0.39 is 0 Å². The largest absolute Gasteiger partial charge is 0.335 e. The summed E-state index contributed by atoms with van der Waals surface area (Å²) in [7, 11) is 0.